The van der Waals surface area contributed by atoms with E-state index >= 15 is 0 Å². The zero-order valence-electron chi connectivity index (χ0n) is 12.3. The molecule has 0 unspecified atom stereocenters. The zero-order valence-corrected chi connectivity index (χ0v) is 12.3. The number of rotatable bonds is 5. The van der Waals surface area contributed by atoms with Crippen LogP contribution in [0, 0.1) is 0 Å². The molecule has 0 saturated heterocycles. The molecule has 0 saturated carbocycles. The number of carbonyl (C=O) groups is 2. The molecule has 1 aliphatic rings. The van der Waals surface area contributed by atoms with Gasteiger partial charge in [-0.15, -0.1) is 0 Å². The highest BCUT2D eigenvalue weighted by Crippen LogP contribution is 2.23. The molecule has 1 aromatic rings. The Bertz CT molecular complexity index is 632. The molecule has 1 aliphatic carbocycles. The predicted molar refractivity (Wildman–Crippen MR) is 79.2 cm³/mol. The second kappa shape index (κ2) is 6.21. The van der Waals surface area contributed by atoms with E-state index in [1.54, 1.807) is 39.6 Å². The topological polar surface area (TPSA) is 83.1 Å². The van der Waals surface area contributed by atoms with Crippen LogP contribution < -0.4 is 16.0 Å². The highest BCUT2D eigenvalue weighted by atomic mass is 16.1. The third kappa shape index (κ3) is 2.65. The number of aromatic nitrogens is 1. The van der Waals surface area contributed by atoms with E-state index in [9.17, 15) is 9.59 Å². The van der Waals surface area contributed by atoms with Crippen molar-refractivity contribution in [2.75, 3.05) is 21.1 Å². The minimum Gasteiger partial charge on any atom is -0.385 e. The van der Waals surface area contributed by atoms with Crippen LogP contribution in [0.3, 0.4) is 0 Å². The first-order valence-corrected chi connectivity index (χ1v) is 6.63. The van der Waals surface area contributed by atoms with Crippen LogP contribution in [-0.4, -0.2) is 37.7 Å². The van der Waals surface area contributed by atoms with E-state index in [0.29, 0.717) is 23.4 Å². The Morgan fingerprint density at radius 3 is 2.10 bits per heavy atom. The Morgan fingerprint density at radius 1 is 0.952 bits per heavy atom. The third-order valence-corrected chi connectivity index (χ3v) is 3.36. The van der Waals surface area contributed by atoms with Crippen LogP contribution in [0.2, 0.25) is 0 Å². The van der Waals surface area contributed by atoms with E-state index < -0.39 is 0 Å². The van der Waals surface area contributed by atoms with Crippen molar-refractivity contribution in [1.82, 2.24) is 20.9 Å². The largest absolute Gasteiger partial charge is 0.385 e. The Kier molecular flexibility index (Phi) is 4.37. The van der Waals surface area contributed by atoms with Crippen LogP contribution in [0.1, 0.15) is 5.56 Å². The number of hydrogen-bond acceptors (Lipinski definition) is 6. The molecule has 110 valence electrons. The normalized spacial score (nSPS) is 15.4. The third-order valence-electron chi connectivity index (χ3n) is 3.36. The summed E-state index contributed by atoms with van der Waals surface area (Å²) in [6, 6.07) is 3.68. The fourth-order valence-corrected chi connectivity index (χ4v) is 2.37. The quantitative estimate of drug-likeness (QED) is 0.656. The van der Waals surface area contributed by atoms with Crippen molar-refractivity contribution in [2.24, 2.45) is 0 Å². The minimum atomic E-state index is -0.220. The second-order valence-corrected chi connectivity index (χ2v) is 4.55. The second-order valence-electron chi connectivity index (χ2n) is 4.55. The SMILES string of the molecule is CNC1=C(Cc2cccnc2)C(=O)C(NC)=C(NC)C1=O. The maximum atomic E-state index is 12.6. The molecule has 0 spiro atoms. The van der Waals surface area contributed by atoms with E-state index in [-0.39, 0.29) is 17.3 Å². The smallest absolute Gasteiger partial charge is 0.227 e. The molecule has 0 atom stereocenters. The van der Waals surface area contributed by atoms with Gasteiger partial charge in [0.1, 0.15) is 11.4 Å². The summed E-state index contributed by atoms with van der Waals surface area (Å²) >= 11 is 0. The van der Waals surface area contributed by atoms with E-state index in [0.717, 1.165) is 5.56 Å². The summed E-state index contributed by atoms with van der Waals surface area (Å²) in [4.78, 5) is 29.1. The summed E-state index contributed by atoms with van der Waals surface area (Å²) in [5.74, 6) is -0.405. The molecule has 1 heterocycles. The van der Waals surface area contributed by atoms with E-state index in [1.807, 2.05) is 6.07 Å². The van der Waals surface area contributed by atoms with Crippen molar-refractivity contribution in [1.29, 1.82) is 0 Å². The van der Waals surface area contributed by atoms with Gasteiger partial charge in [0, 0.05) is 45.5 Å². The van der Waals surface area contributed by atoms with Gasteiger partial charge >= 0.3 is 0 Å². The Morgan fingerprint density at radius 2 is 1.57 bits per heavy atom. The number of allylic oxidation sites excluding steroid dienone is 1. The number of likely N-dealkylation sites (N-methyl/N-ethyl adjacent to an activating group) is 3. The van der Waals surface area contributed by atoms with Gasteiger partial charge in [-0.25, -0.2) is 0 Å². The number of ketones is 2. The molecule has 0 radical (unpaired) electrons. The molecule has 0 aliphatic heterocycles. The van der Waals surface area contributed by atoms with Gasteiger partial charge in [0.05, 0.1) is 5.70 Å². The van der Waals surface area contributed by atoms with Crippen molar-refractivity contribution in [3.63, 3.8) is 0 Å². The summed E-state index contributed by atoms with van der Waals surface area (Å²) in [6.07, 6.45) is 3.72. The van der Waals surface area contributed by atoms with Gasteiger partial charge in [-0.05, 0) is 11.6 Å². The van der Waals surface area contributed by atoms with E-state index in [1.165, 1.54) is 0 Å². The molecule has 21 heavy (non-hydrogen) atoms. The van der Waals surface area contributed by atoms with Crippen molar-refractivity contribution in [3.05, 3.63) is 52.8 Å². The molecule has 0 fully saturated rings. The minimum absolute atomic E-state index is 0.186. The summed E-state index contributed by atoms with van der Waals surface area (Å²) in [7, 11) is 4.89. The van der Waals surface area contributed by atoms with Crippen molar-refractivity contribution < 1.29 is 9.59 Å². The number of nitrogens with zero attached hydrogens (tertiary/aromatic N) is 1. The average molecular weight is 286 g/mol. The Balaban J connectivity index is 2.47. The van der Waals surface area contributed by atoms with Crippen LogP contribution in [0.4, 0.5) is 0 Å². The van der Waals surface area contributed by atoms with E-state index in [2.05, 4.69) is 20.9 Å². The van der Waals surface area contributed by atoms with Gasteiger partial charge in [0.2, 0.25) is 11.6 Å². The maximum Gasteiger partial charge on any atom is 0.227 e. The molecule has 0 bridgehead atoms. The van der Waals surface area contributed by atoms with Gasteiger partial charge < -0.3 is 16.0 Å². The molecule has 0 amide bonds. The van der Waals surface area contributed by atoms with Crippen molar-refractivity contribution >= 4 is 11.6 Å². The molecule has 6 heteroatoms. The van der Waals surface area contributed by atoms with Crippen molar-refractivity contribution in [3.8, 4) is 0 Å². The molecule has 6 nitrogen and oxygen atoms in total. The molecular formula is C15H18N4O2. The first kappa shape index (κ1) is 14.8. The Labute approximate surface area is 123 Å². The number of pyridine rings is 1. The van der Waals surface area contributed by atoms with Crippen LogP contribution in [0.15, 0.2) is 47.2 Å². The first-order chi connectivity index (χ1) is 10.1. The summed E-state index contributed by atoms with van der Waals surface area (Å²) in [5.41, 5.74) is 2.22. The van der Waals surface area contributed by atoms with Crippen LogP contribution in [0.5, 0.6) is 0 Å². The molecule has 1 aromatic heterocycles. The first-order valence-electron chi connectivity index (χ1n) is 6.63. The number of nitrogens with one attached hydrogen (secondary N) is 3. The Hall–Kier alpha value is -2.63. The fourth-order valence-electron chi connectivity index (χ4n) is 2.37. The lowest BCUT2D eigenvalue weighted by molar-refractivity contribution is -0.117. The lowest BCUT2D eigenvalue weighted by Gasteiger charge is -2.23. The fraction of sp³-hybridized carbons (Fsp3) is 0.267. The lowest BCUT2D eigenvalue weighted by Crippen LogP contribution is -2.38. The molecule has 2 rings (SSSR count). The lowest BCUT2D eigenvalue weighted by atomic mass is 9.90. The molecule has 0 aromatic carbocycles. The molecule has 3 N–H and O–H groups in total. The number of Topliss-reactive ketones (excluding diaryl/α,β-unsaturated/α-hetero) is 2. The zero-order chi connectivity index (χ0) is 15.4. The van der Waals surface area contributed by atoms with Gasteiger partial charge in [0.15, 0.2) is 0 Å². The average Bonchev–Trinajstić information content (AvgIpc) is 2.51. The van der Waals surface area contributed by atoms with Crippen LogP contribution >= 0.6 is 0 Å². The van der Waals surface area contributed by atoms with Gasteiger partial charge in [-0.3, -0.25) is 14.6 Å². The molecular weight excluding hydrogens is 268 g/mol. The van der Waals surface area contributed by atoms with Crippen LogP contribution in [-0.2, 0) is 16.0 Å². The number of carbonyl (C=O) groups excluding carboxylic acids is 2. The summed E-state index contributed by atoms with van der Waals surface area (Å²) in [6.45, 7) is 0. The highest BCUT2D eigenvalue weighted by Gasteiger charge is 2.33. The van der Waals surface area contributed by atoms with Gasteiger partial charge in [-0.1, -0.05) is 6.07 Å². The van der Waals surface area contributed by atoms with Crippen molar-refractivity contribution in [2.45, 2.75) is 6.42 Å². The number of hydrogen-bond donors (Lipinski definition) is 3. The van der Waals surface area contributed by atoms with Gasteiger partial charge in [0.25, 0.3) is 0 Å². The summed E-state index contributed by atoms with van der Waals surface area (Å²) < 4.78 is 0. The highest BCUT2D eigenvalue weighted by molar-refractivity contribution is 6.24. The summed E-state index contributed by atoms with van der Waals surface area (Å²) in [5, 5.41) is 8.46. The maximum absolute atomic E-state index is 12.6. The van der Waals surface area contributed by atoms with Gasteiger partial charge in [-0.2, -0.15) is 0 Å². The predicted octanol–water partition coefficient (Wildman–Crippen LogP) is -0.100. The monoisotopic (exact) mass is 286 g/mol. The van der Waals surface area contributed by atoms with Crippen LogP contribution in [0.25, 0.3) is 0 Å². The van der Waals surface area contributed by atoms with E-state index in [4.69, 9.17) is 0 Å². The standard InChI is InChI=1S/C15H18N4O2/c1-16-11-10(7-9-5-4-6-19-8-9)14(20)12(17-2)13(18-3)15(11)21/h4-6,8,16-18H,7H2,1-3H3.